The number of benzene rings is 2. The number of hydrogen-bond acceptors (Lipinski definition) is 4. The van der Waals surface area contributed by atoms with E-state index in [0.29, 0.717) is 28.3 Å². The monoisotopic (exact) mass is 308 g/mol. The van der Waals surface area contributed by atoms with Crippen LogP contribution in [0, 0.1) is 0 Å². The van der Waals surface area contributed by atoms with E-state index in [-0.39, 0.29) is 22.8 Å². The van der Waals surface area contributed by atoms with E-state index < -0.39 is 5.91 Å². The van der Waals surface area contributed by atoms with Crippen molar-refractivity contribution >= 4 is 28.9 Å². The molecule has 1 heterocycles. The summed E-state index contributed by atoms with van der Waals surface area (Å²) in [5, 5.41) is 10.2. The van der Waals surface area contributed by atoms with Gasteiger partial charge in [-0.05, 0) is 18.2 Å². The Balaban J connectivity index is 2.06. The Morgan fingerprint density at radius 2 is 1.74 bits per heavy atom. The molecule has 6 nitrogen and oxygen atoms in total. The Kier molecular flexibility index (Phi) is 3.42. The molecule has 0 spiro atoms. The molecule has 0 saturated carbocycles. The number of rotatable bonds is 4. The molecule has 0 bridgehead atoms. The zero-order valence-electron chi connectivity index (χ0n) is 11.9. The number of H-pyrrole nitrogens is 1. The number of aromatic hydroxyl groups is 1. The molecule has 3 aromatic rings. The van der Waals surface area contributed by atoms with Crippen LogP contribution in [0.15, 0.2) is 42.5 Å². The van der Waals surface area contributed by atoms with Crippen molar-refractivity contribution in [3.63, 3.8) is 0 Å². The molecule has 4 N–H and O–H groups in total. The lowest BCUT2D eigenvalue weighted by Crippen LogP contribution is -2.12. The summed E-state index contributed by atoms with van der Waals surface area (Å²) < 4.78 is 0. The highest BCUT2D eigenvalue weighted by Gasteiger charge is 2.15. The fourth-order valence-corrected chi connectivity index (χ4v) is 2.45. The molecular formula is C17H12N2O4. The van der Waals surface area contributed by atoms with Gasteiger partial charge in [0.25, 0.3) is 0 Å². The highest BCUT2D eigenvalue weighted by molar-refractivity contribution is 6.12. The first kappa shape index (κ1) is 14.5. The number of fused-ring (bicyclic) bond motifs is 1. The molecule has 0 unspecified atom stereocenters. The number of hydrogen-bond donors (Lipinski definition) is 3. The fourth-order valence-electron chi connectivity index (χ4n) is 2.45. The maximum Gasteiger partial charge on any atom is 0.248 e. The molecule has 3 rings (SSSR count). The van der Waals surface area contributed by atoms with Gasteiger partial charge in [-0.25, -0.2) is 0 Å². The zero-order valence-corrected chi connectivity index (χ0v) is 11.9. The first-order valence-electron chi connectivity index (χ1n) is 6.75. The van der Waals surface area contributed by atoms with Crippen molar-refractivity contribution in [2.24, 2.45) is 5.73 Å². The third kappa shape index (κ3) is 2.46. The Morgan fingerprint density at radius 3 is 2.43 bits per heavy atom. The number of ketones is 1. The second-order valence-electron chi connectivity index (χ2n) is 5.04. The second kappa shape index (κ2) is 5.42. The number of primary amides is 1. The Bertz CT molecular complexity index is 956. The minimum absolute atomic E-state index is 0.148. The molecule has 0 aliphatic rings. The number of carbonyl (C=O) groups excluding carboxylic acids is 3. The molecule has 0 aliphatic carbocycles. The van der Waals surface area contributed by atoms with Gasteiger partial charge < -0.3 is 15.8 Å². The molecule has 0 atom stereocenters. The maximum absolute atomic E-state index is 12.5. The topological polar surface area (TPSA) is 113 Å². The van der Waals surface area contributed by atoms with Crippen LogP contribution in [-0.4, -0.2) is 28.1 Å². The Morgan fingerprint density at radius 1 is 1.04 bits per heavy atom. The molecule has 1 amide bonds. The molecule has 0 radical (unpaired) electrons. The van der Waals surface area contributed by atoms with Crippen molar-refractivity contribution in [3.05, 3.63) is 64.7 Å². The molecule has 114 valence electrons. The van der Waals surface area contributed by atoms with Gasteiger partial charge in [0.05, 0.1) is 5.56 Å². The number of aromatic nitrogens is 1. The van der Waals surface area contributed by atoms with Gasteiger partial charge in [0.1, 0.15) is 0 Å². The zero-order chi connectivity index (χ0) is 16.6. The quantitative estimate of drug-likeness (QED) is 0.505. The van der Waals surface area contributed by atoms with E-state index in [0.717, 1.165) is 0 Å². The lowest BCUT2D eigenvalue weighted by molar-refractivity contribution is 0.0999. The summed E-state index contributed by atoms with van der Waals surface area (Å²) in [5.41, 5.74) is 6.77. The SMILES string of the molecule is NC(=O)c1cccc(C(=O)c2ccc3c(C=O)c(O)[nH]c3c2)c1. The van der Waals surface area contributed by atoms with Gasteiger partial charge in [-0.1, -0.05) is 24.3 Å². The van der Waals surface area contributed by atoms with Crippen LogP contribution in [0.1, 0.15) is 36.6 Å². The first-order chi connectivity index (χ1) is 11.0. The van der Waals surface area contributed by atoms with E-state index in [1.54, 1.807) is 30.3 Å². The van der Waals surface area contributed by atoms with Crippen LogP contribution >= 0.6 is 0 Å². The van der Waals surface area contributed by atoms with Crippen LogP contribution in [0.25, 0.3) is 10.9 Å². The molecule has 0 fully saturated rings. The average molecular weight is 308 g/mol. The van der Waals surface area contributed by atoms with Gasteiger partial charge in [-0.2, -0.15) is 0 Å². The lowest BCUT2D eigenvalue weighted by Gasteiger charge is -2.03. The number of carbonyl (C=O) groups is 3. The summed E-state index contributed by atoms with van der Waals surface area (Å²) in [6.45, 7) is 0. The maximum atomic E-state index is 12.5. The van der Waals surface area contributed by atoms with E-state index in [4.69, 9.17) is 5.73 Å². The van der Waals surface area contributed by atoms with Crippen molar-refractivity contribution in [1.82, 2.24) is 4.98 Å². The van der Waals surface area contributed by atoms with Crippen LogP contribution < -0.4 is 5.73 Å². The molecule has 6 heteroatoms. The summed E-state index contributed by atoms with van der Waals surface area (Å²) in [6, 6.07) is 10.8. The van der Waals surface area contributed by atoms with Crippen LogP contribution in [0.3, 0.4) is 0 Å². The third-order valence-corrected chi connectivity index (χ3v) is 3.61. The van der Waals surface area contributed by atoms with E-state index in [9.17, 15) is 19.5 Å². The van der Waals surface area contributed by atoms with E-state index in [2.05, 4.69) is 4.98 Å². The molecule has 23 heavy (non-hydrogen) atoms. The Labute approximate surface area is 130 Å². The van der Waals surface area contributed by atoms with Crippen LogP contribution in [-0.2, 0) is 0 Å². The van der Waals surface area contributed by atoms with Crippen molar-refractivity contribution in [3.8, 4) is 5.88 Å². The Hall–Kier alpha value is -3.41. The largest absolute Gasteiger partial charge is 0.494 e. The summed E-state index contributed by atoms with van der Waals surface area (Å²) in [5.74, 6) is -1.15. The van der Waals surface area contributed by atoms with Gasteiger partial charge in [0, 0.05) is 27.6 Å². The van der Waals surface area contributed by atoms with Gasteiger partial charge in [-0.3, -0.25) is 14.4 Å². The van der Waals surface area contributed by atoms with Crippen molar-refractivity contribution in [2.45, 2.75) is 0 Å². The molecular weight excluding hydrogens is 296 g/mol. The summed E-state index contributed by atoms with van der Waals surface area (Å²) in [7, 11) is 0. The van der Waals surface area contributed by atoms with E-state index >= 15 is 0 Å². The summed E-state index contributed by atoms with van der Waals surface area (Å²) in [6.07, 6.45) is 0.548. The van der Waals surface area contributed by atoms with Crippen molar-refractivity contribution in [1.29, 1.82) is 0 Å². The second-order valence-corrected chi connectivity index (χ2v) is 5.04. The van der Waals surface area contributed by atoms with Crippen molar-refractivity contribution < 1.29 is 19.5 Å². The minimum atomic E-state index is -0.611. The average Bonchev–Trinajstić information content (AvgIpc) is 2.88. The third-order valence-electron chi connectivity index (χ3n) is 3.61. The lowest BCUT2D eigenvalue weighted by atomic mass is 10.00. The van der Waals surface area contributed by atoms with Gasteiger partial charge in [0.2, 0.25) is 5.91 Å². The fraction of sp³-hybridized carbons (Fsp3) is 0. The standard InChI is InChI=1S/C17H12N2O4/c18-16(22)11-3-1-2-9(6-11)15(21)10-4-5-12-13(8-20)17(23)19-14(12)7-10/h1-8,19,23H,(H2,18,22). The van der Waals surface area contributed by atoms with Crippen LogP contribution in [0.2, 0.25) is 0 Å². The molecule has 0 aliphatic heterocycles. The minimum Gasteiger partial charge on any atom is -0.494 e. The predicted molar refractivity (Wildman–Crippen MR) is 83.7 cm³/mol. The number of nitrogens with two attached hydrogens (primary N) is 1. The van der Waals surface area contributed by atoms with E-state index in [1.165, 1.54) is 12.1 Å². The molecule has 1 aromatic heterocycles. The number of amides is 1. The first-order valence-corrected chi connectivity index (χ1v) is 6.75. The van der Waals surface area contributed by atoms with Crippen LogP contribution in [0.5, 0.6) is 5.88 Å². The smallest absolute Gasteiger partial charge is 0.248 e. The normalized spacial score (nSPS) is 10.6. The summed E-state index contributed by atoms with van der Waals surface area (Å²) >= 11 is 0. The summed E-state index contributed by atoms with van der Waals surface area (Å²) in [4.78, 5) is 37.3. The van der Waals surface area contributed by atoms with E-state index in [1.807, 2.05) is 0 Å². The molecule has 2 aromatic carbocycles. The molecule has 0 saturated heterocycles. The van der Waals surface area contributed by atoms with Crippen LogP contribution in [0.4, 0.5) is 0 Å². The predicted octanol–water partition coefficient (Wildman–Crippen LogP) is 2.02. The highest BCUT2D eigenvalue weighted by Crippen LogP contribution is 2.27. The van der Waals surface area contributed by atoms with Gasteiger partial charge in [0.15, 0.2) is 17.9 Å². The van der Waals surface area contributed by atoms with Gasteiger partial charge in [-0.15, -0.1) is 0 Å². The highest BCUT2D eigenvalue weighted by atomic mass is 16.3. The number of aromatic amines is 1. The van der Waals surface area contributed by atoms with Crippen molar-refractivity contribution in [2.75, 3.05) is 0 Å². The number of nitrogens with one attached hydrogen (secondary N) is 1. The number of aldehydes is 1. The van der Waals surface area contributed by atoms with Gasteiger partial charge >= 0.3 is 0 Å².